The van der Waals surface area contributed by atoms with Crippen molar-refractivity contribution in [3.05, 3.63) is 15.6 Å². The number of likely N-dealkylation sites (N-methyl/N-ethyl adjacent to an activating group) is 1. The summed E-state index contributed by atoms with van der Waals surface area (Å²) < 4.78 is 5.11. The van der Waals surface area contributed by atoms with Gasteiger partial charge in [0, 0.05) is 17.8 Å². The van der Waals surface area contributed by atoms with E-state index in [1.807, 2.05) is 6.92 Å². The van der Waals surface area contributed by atoms with Crippen molar-refractivity contribution in [2.24, 2.45) is 0 Å². The van der Waals surface area contributed by atoms with Crippen LogP contribution in [0.5, 0.6) is 0 Å². The topological polar surface area (TPSA) is 42.4 Å². The van der Waals surface area contributed by atoms with Gasteiger partial charge in [-0.3, -0.25) is 4.79 Å². The Morgan fingerprint density at radius 1 is 1.56 bits per heavy atom. The van der Waals surface area contributed by atoms with Gasteiger partial charge in [-0.1, -0.05) is 0 Å². The monoisotopic (exact) mass is 268 g/mol. The highest BCUT2D eigenvalue weighted by molar-refractivity contribution is 7.11. The molecule has 0 amide bonds. The Balaban J connectivity index is 2.05. The Morgan fingerprint density at radius 2 is 2.33 bits per heavy atom. The second kappa shape index (κ2) is 5.80. The van der Waals surface area contributed by atoms with Crippen molar-refractivity contribution in [2.45, 2.75) is 32.1 Å². The van der Waals surface area contributed by atoms with Gasteiger partial charge in [-0.05, 0) is 33.9 Å². The molecule has 1 aromatic heterocycles. The molecule has 1 aliphatic carbocycles. The molecule has 4 nitrogen and oxygen atoms in total. The van der Waals surface area contributed by atoms with E-state index in [4.69, 9.17) is 4.74 Å². The first kappa shape index (κ1) is 13.5. The predicted molar refractivity (Wildman–Crippen MR) is 72.1 cm³/mol. The van der Waals surface area contributed by atoms with Crippen molar-refractivity contribution >= 4 is 17.3 Å². The molecule has 2 rings (SSSR count). The van der Waals surface area contributed by atoms with Gasteiger partial charge in [0.15, 0.2) is 0 Å². The van der Waals surface area contributed by atoms with E-state index in [1.165, 1.54) is 4.88 Å². The number of esters is 1. The molecule has 0 saturated heterocycles. The first-order chi connectivity index (χ1) is 8.61. The third-order valence-corrected chi connectivity index (χ3v) is 4.30. The maximum absolute atomic E-state index is 11.8. The van der Waals surface area contributed by atoms with Crippen molar-refractivity contribution in [1.29, 1.82) is 0 Å². The second-order valence-corrected chi connectivity index (χ2v) is 5.98. The number of fused-ring (bicyclic) bond motifs is 1. The SMILES string of the molecule is CCOC(=O)C1CCc2sc(CCN(C)C)nc21. The molecular weight excluding hydrogens is 248 g/mol. The van der Waals surface area contributed by atoms with E-state index in [-0.39, 0.29) is 11.9 Å². The summed E-state index contributed by atoms with van der Waals surface area (Å²) in [5.41, 5.74) is 0.979. The number of hydrogen-bond donors (Lipinski definition) is 0. The highest BCUT2D eigenvalue weighted by atomic mass is 32.1. The molecule has 0 fully saturated rings. The Labute approximate surface area is 112 Å². The minimum absolute atomic E-state index is 0.110. The number of rotatable bonds is 5. The van der Waals surface area contributed by atoms with Crippen molar-refractivity contribution in [2.75, 3.05) is 27.2 Å². The van der Waals surface area contributed by atoms with Crippen LogP contribution >= 0.6 is 11.3 Å². The number of aryl methyl sites for hydroxylation is 1. The number of carbonyl (C=O) groups is 1. The zero-order chi connectivity index (χ0) is 13.1. The van der Waals surface area contributed by atoms with Gasteiger partial charge in [0.2, 0.25) is 0 Å². The number of aromatic nitrogens is 1. The lowest BCUT2D eigenvalue weighted by molar-refractivity contribution is -0.145. The number of hydrogen-bond acceptors (Lipinski definition) is 5. The van der Waals surface area contributed by atoms with E-state index < -0.39 is 0 Å². The Morgan fingerprint density at radius 3 is 3.00 bits per heavy atom. The predicted octanol–water partition coefficient (Wildman–Crippen LogP) is 1.84. The number of carbonyl (C=O) groups excluding carboxylic acids is 1. The summed E-state index contributed by atoms with van der Waals surface area (Å²) in [5.74, 6) is -0.231. The van der Waals surface area contributed by atoms with Gasteiger partial charge >= 0.3 is 5.97 Å². The van der Waals surface area contributed by atoms with Crippen LogP contribution in [0, 0.1) is 0 Å². The van der Waals surface area contributed by atoms with Crippen LogP contribution in [0.1, 0.15) is 34.8 Å². The maximum Gasteiger partial charge on any atom is 0.315 e. The van der Waals surface area contributed by atoms with Crippen LogP contribution < -0.4 is 0 Å². The molecule has 0 N–H and O–H groups in total. The Kier molecular flexibility index (Phi) is 4.35. The fraction of sp³-hybridized carbons (Fsp3) is 0.692. The molecule has 1 unspecified atom stereocenters. The molecule has 1 aliphatic rings. The van der Waals surface area contributed by atoms with Gasteiger partial charge in [-0.15, -0.1) is 11.3 Å². The van der Waals surface area contributed by atoms with Gasteiger partial charge in [0.05, 0.1) is 17.3 Å². The van der Waals surface area contributed by atoms with Crippen LogP contribution in [0.25, 0.3) is 0 Å². The molecule has 0 aliphatic heterocycles. The van der Waals surface area contributed by atoms with Crippen LogP contribution in [-0.4, -0.2) is 43.1 Å². The molecule has 18 heavy (non-hydrogen) atoms. The molecule has 1 aromatic rings. The molecule has 0 spiro atoms. The van der Waals surface area contributed by atoms with E-state index in [0.717, 1.165) is 36.5 Å². The average molecular weight is 268 g/mol. The lowest BCUT2D eigenvalue weighted by atomic mass is 10.1. The number of thiazole rings is 1. The number of ether oxygens (including phenoxy) is 1. The van der Waals surface area contributed by atoms with E-state index in [1.54, 1.807) is 11.3 Å². The molecular formula is C13H20N2O2S. The Bertz CT molecular complexity index is 429. The first-order valence-corrected chi connectivity index (χ1v) is 7.23. The van der Waals surface area contributed by atoms with E-state index in [2.05, 4.69) is 24.0 Å². The summed E-state index contributed by atoms with van der Waals surface area (Å²) in [6.45, 7) is 3.29. The summed E-state index contributed by atoms with van der Waals surface area (Å²) in [4.78, 5) is 19.9. The van der Waals surface area contributed by atoms with E-state index in [0.29, 0.717) is 6.61 Å². The van der Waals surface area contributed by atoms with Crippen molar-refractivity contribution < 1.29 is 9.53 Å². The quantitative estimate of drug-likeness (QED) is 0.764. The van der Waals surface area contributed by atoms with Gasteiger partial charge in [0.1, 0.15) is 5.92 Å². The molecule has 0 aromatic carbocycles. The van der Waals surface area contributed by atoms with Crippen LogP contribution in [-0.2, 0) is 22.4 Å². The average Bonchev–Trinajstić information content (AvgIpc) is 2.85. The largest absolute Gasteiger partial charge is 0.465 e. The minimum atomic E-state index is -0.121. The van der Waals surface area contributed by atoms with Crippen LogP contribution in [0.4, 0.5) is 0 Å². The second-order valence-electron chi connectivity index (χ2n) is 4.81. The van der Waals surface area contributed by atoms with Crippen LogP contribution in [0.3, 0.4) is 0 Å². The molecule has 1 heterocycles. The summed E-state index contributed by atoms with van der Waals surface area (Å²) in [6, 6.07) is 0. The van der Waals surface area contributed by atoms with Crippen molar-refractivity contribution in [3.8, 4) is 0 Å². The molecule has 100 valence electrons. The lowest BCUT2D eigenvalue weighted by Crippen LogP contribution is -2.16. The van der Waals surface area contributed by atoms with Gasteiger partial charge in [-0.2, -0.15) is 0 Å². The van der Waals surface area contributed by atoms with Gasteiger partial charge in [-0.25, -0.2) is 4.98 Å². The molecule has 5 heteroatoms. The molecule has 0 bridgehead atoms. The summed E-state index contributed by atoms with van der Waals surface area (Å²) >= 11 is 1.76. The standard InChI is InChI=1S/C13H20N2O2S/c1-4-17-13(16)9-5-6-10-12(9)14-11(18-10)7-8-15(2)3/h9H,4-8H2,1-3H3. The zero-order valence-electron chi connectivity index (χ0n) is 11.2. The third kappa shape index (κ3) is 2.90. The van der Waals surface area contributed by atoms with Gasteiger partial charge in [0.25, 0.3) is 0 Å². The lowest BCUT2D eigenvalue weighted by Gasteiger charge is -2.08. The fourth-order valence-electron chi connectivity index (χ4n) is 2.18. The van der Waals surface area contributed by atoms with Crippen molar-refractivity contribution in [1.82, 2.24) is 9.88 Å². The highest BCUT2D eigenvalue weighted by Crippen LogP contribution is 2.37. The molecule has 0 radical (unpaired) electrons. The normalized spacial score (nSPS) is 18.1. The Hall–Kier alpha value is -0.940. The van der Waals surface area contributed by atoms with Crippen LogP contribution in [0.15, 0.2) is 0 Å². The maximum atomic E-state index is 11.8. The minimum Gasteiger partial charge on any atom is -0.465 e. The highest BCUT2D eigenvalue weighted by Gasteiger charge is 2.33. The molecule has 1 atom stereocenters. The molecule has 0 saturated carbocycles. The summed E-state index contributed by atoms with van der Waals surface area (Å²) in [7, 11) is 4.12. The summed E-state index contributed by atoms with van der Waals surface area (Å²) in [5, 5.41) is 1.14. The van der Waals surface area contributed by atoms with Gasteiger partial charge < -0.3 is 9.64 Å². The summed E-state index contributed by atoms with van der Waals surface area (Å²) in [6.07, 6.45) is 2.79. The fourth-order valence-corrected chi connectivity index (χ4v) is 3.31. The first-order valence-electron chi connectivity index (χ1n) is 6.41. The smallest absolute Gasteiger partial charge is 0.315 e. The zero-order valence-corrected chi connectivity index (χ0v) is 12.0. The third-order valence-electron chi connectivity index (χ3n) is 3.11. The van der Waals surface area contributed by atoms with E-state index >= 15 is 0 Å². The van der Waals surface area contributed by atoms with Crippen LogP contribution in [0.2, 0.25) is 0 Å². The number of nitrogens with zero attached hydrogens (tertiary/aromatic N) is 2. The van der Waals surface area contributed by atoms with E-state index in [9.17, 15) is 4.79 Å². The van der Waals surface area contributed by atoms with Crippen molar-refractivity contribution in [3.63, 3.8) is 0 Å².